The van der Waals surface area contributed by atoms with E-state index >= 15 is 0 Å². The first-order valence-electron chi connectivity index (χ1n) is 6.04. The summed E-state index contributed by atoms with van der Waals surface area (Å²) in [6.07, 6.45) is 3.38. The molecule has 0 aliphatic heterocycles. The fourth-order valence-electron chi connectivity index (χ4n) is 2.31. The average Bonchev–Trinajstić information content (AvgIpc) is 2.92. The Morgan fingerprint density at radius 3 is 2.60 bits per heavy atom. The Morgan fingerprint density at radius 1 is 1.25 bits per heavy atom. The minimum absolute atomic E-state index is 0.00820. The van der Waals surface area contributed by atoms with Gasteiger partial charge in [0.15, 0.2) is 11.3 Å². The van der Waals surface area contributed by atoms with Crippen LogP contribution < -0.4 is 0 Å². The van der Waals surface area contributed by atoms with Crippen molar-refractivity contribution < 1.29 is 9.90 Å². The van der Waals surface area contributed by atoms with Gasteiger partial charge in [-0.05, 0) is 13.0 Å². The molecule has 0 amide bonds. The molecule has 0 spiro atoms. The summed E-state index contributed by atoms with van der Waals surface area (Å²) in [6, 6.07) is 1.79. The summed E-state index contributed by atoms with van der Waals surface area (Å²) in [5.41, 5.74) is 3.18. The molecule has 7 nitrogen and oxygen atoms in total. The van der Waals surface area contributed by atoms with Crippen LogP contribution in [0.15, 0.2) is 18.5 Å². The van der Waals surface area contributed by atoms with E-state index in [0.717, 1.165) is 16.8 Å². The van der Waals surface area contributed by atoms with Gasteiger partial charge in [-0.15, -0.1) is 0 Å². The third kappa shape index (κ3) is 1.59. The lowest BCUT2D eigenvalue weighted by molar-refractivity contribution is 0.0691. The molecule has 7 heteroatoms. The van der Waals surface area contributed by atoms with Crippen molar-refractivity contribution in [2.75, 3.05) is 0 Å². The highest BCUT2D eigenvalue weighted by Gasteiger charge is 2.21. The summed E-state index contributed by atoms with van der Waals surface area (Å²) in [6.45, 7) is 1.94. The molecule has 0 saturated carbocycles. The first kappa shape index (κ1) is 12.3. The molecule has 0 saturated heterocycles. The van der Waals surface area contributed by atoms with Crippen molar-refractivity contribution in [3.8, 4) is 11.1 Å². The smallest absolute Gasteiger partial charge is 0.357 e. The second-order valence-corrected chi connectivity index (χ2v) is 4.60. The Hall–Kier alpha value is -2.70. The van der Waals surface area contributed by atoms with Crippen molar-refractivity contribution >= 4 is 17.0 Å². The number of nitrogens with zero attached hydrogens (tertiary/aromatic N) is 5. The normalized spacial score (nSPS) is 11.2. The van der Waals surface area contributed by atoms with Gasteiger partial charge in [0.25, 0.3) is 0 Å². The van der Waals surface area contributed by atoms with Crippen LogP contribution in [0.3, 0.4) is 0 Å². The summed E-state index contributed by atoms with van der Waals surface area (Å²) in [7, 11) is 3.53. The Balaban J connectivity index is 2.42. The molecular formula is C13H13N5O2. The van der Waals surface area contributed by atoms with Gasteiger partial charge in [0, 0.05) is 37.1 Å². The summed E-state index contributed by atoms with van der Waals surface area (Å²) < 4.78 is 3.23. The molecule has 0 fully saturated rings. The highest BCUT2D eigenvalue weighted by Crippen LogP contribution is 2.31. The lowest BCUT2D eigenvalue weighted by Gasteiger charge is -2.03. The molecule has 20 heavy (non-hydrogen) atoms. The topological polar surface area (TPSA) is 85.8 Å². The number of aromatic carboxylic acids is 1. The van der Waals surface area contributed by atoms with Gasteiger partial charge < -0.3 is 5.11 Å². The molecule has 0 aromatic carbocycles. The van der Waals surface area contributed by atoms with Crippen LogP contribution in [0.4, 0.5) is 0 Å². The lowest BCUT2D eigenvalue weighted by Crippen LogP contribution is -1.99. The Labute approximate surface area is 114 Å². The van der Waals surface area contributed by atoms with E-state index in [2.05, 4.69) is 15.2 Å². The third-order valence-electron chi connectivity index (χ3n) is 3.45. The zero-order valence-electron chi connectivity index (χ0n) is 11.3. The summed E-state index contributed by atoms with van der Waals surface area (Å²) >= 11 is 0. The summed E-state index contributed by atoms with van der Waals surface area (Å²) in [4.78, 5) is 15.6. The minimum Gasteiger partial charge on any atom is -0.476 e. The fraction of sp³-hybridized carbons (Fsp3) is 0.231. The van der Waals surface area contributed by atoms with Gasteiger partial charge in [-0.3, -0.25) is 4.68 Å². The van der Waals surface area contributed by atoms with Gasteiger partial charge in [-0.1, -0.05) is 0 Å². The number of hydrogen-bond donors (Lipinski definition) is 1. The van der Waals surface area contributed by atoms with Gasteiger partial charge >= 0.3 is 5.97 Å². The van der Waals surface area contributed by atoms with Gasteiger partial charge in [-0.25, -0.2) is 14.5 Å². The number of hydrogen-bond acceptors (Lipinski definition) is 4. The molecule has 1 N–H and O–H groups in total. The van der Waals surface area contributed by atoms with Crippen molar-refractivity contribution in [2.24, 2.45) is 14.1 Å². The van der Waals surface area contributed by atoms with E-state index in [1.54, 1.807) is 30.2 Å². The molecule has 0 radical (unpaired) electrons. The maximum absolute atomic E-state index is 11.4. The minimum atomic E-state index is -1.06. The maximum Gasteiger partial charge on any atom is 0.357 e. The Bertz CT molecular complexity index is 831. The van der Waals surface area contributed by atoms with E-state index < -0.39 is 5.97 Å². The van der Waals surface area contributed by atoms with Crippen LogP contribution in [0.25, 0.3) is 22.2 Å². The maximum atomic E-state index is 11.4. The van der Waals surface area contributed by atoms with Gasteiger partial charge in [0.2, 0.25) is 0 Å². The fourth-order valence-corrected chi connectivity index (χ4v) is 2.31. The molecular weight excluding hydrogens is 258 g/mol. The predicted molar refractivity (Wildman–Crippen MR) is 72.4 cm³/mol. The quantitative estimate of drug-likeness (QED) is 0.761. The highest BCUT2D eigenvalue weighted by molar-refractivity contribution is 6.07. The van der Waals surface area contributed by atoms with E-state index in [1.807, 2.05) is 14.0 Å². The molecule has 102 valence electrons. The number of aromatic nitrogens is 5. The zero-order chi connectivity index (χ0) is 14.4. The molecule has 0 atom stereocenters. The Kier molecular flexibility index (Phi) is 2.56. The van der Waals surface area contributed by atoms with E-state index in [-0.39, 0.29) is 5.69 Å². The summed E-state index contributed by atoms with van der Waals surface area (Å²) in [5.74, 6) is -1.06. The second-order valence-electron chi connectivity index (χ2n) is 4.60. The Morgan fingerprint density at radius 2 is 2.00 bits per heavy atom. The monoisotopic (exact) mass is 271 g/mol. The van der Waals surface area contributed by atoms with Crippen LogP contribution >= 0.6 is 0 Å². The van der Waals surface area contributed by atoms with Gasteiger partial charge in [0.1, 0.15) is 0 Å². The van der Waals surface area contributed by atoms with E-state index in [9.17, 15) is 9.90 Å². The summed E-state index contributed by atoms with van der Waals surface area (Å²) in [5, 5.41) is 18.1. The molecule has 3 aromatic heterocycles. The van der Waals surface area contributed by atoms with Crippen molar-refractivity contribution in [1.82, 2.24) is 24.5 Å². The van der Waals surface area contributed by atoms with Crippen LogP contribution in [-0.4, -0.2) is 35.6 Å². The molecule has 0 aliphatic rings. The number of carbonyl (C=O) groups is 1. The molecule has 3 heterocycles. The molecule has 3 rings (SSSR count). The first-order valence-corrected chi connectivity index (χ1v) is 6.04. The van der Waals surface area contributed by atoms with Crippen molar-refractivity contribution in [3.05, 3.63) is 29.8 Å². The van der Waals surface area contributed by atoms with Crippen molar-refractivity contribution in [2.45, 2.75) is 6.92 Å². The lowest BCUT2D eigenvalue weighted by atomic mass is 10.0. The number of rotatable bonds is 2. The first-order chi connectivity index (χ1) is 9.50. The van der Waals surface area contributed by atoms with E-state index in [4.69, 9.17) is 0 Å². The molecule has 0 aliphatic carbocycles. The van der Waals surface area contributed by atoms with Crippen LogP contribution in [-0.2, 0) is 14.1 Å². The third-order valence-corrected chi connectivity index (χ3v) is 3.45. The van der Waals surface area contributed by atoms with Gasteiger partial charge in [-0.2, -0.15) is 10.2 Å². The van der Waals surface area contributed by atoms with Gasteiger partial charge in [0.05, 0.1) is 11.6 Å². The van der Waals surface area contributed by atoms with Crippen LogP contribution in [0, 0.1) is 6.92 Å². The number of carboxylic acids is 1. The number of aryl methyl sites for hydroxylation is 2. The molecule has 0 unspecified atom stereocenters. The molecule has 0 bridgehead atoms. The zero-order valence-corrected chi connectivity index (χ0v) is 11.3. The highest BCUT2D eigenvalue weighted by atomic mass is 16.4. The van der Waals surface area contributed by atoms with Crippen molar-refractivity contribution in [1.29, 1.82) is 0 Å². The SMILES string of the molecule is Cc1c(-c2ccnc3c2c(C(=O)O)nn3C)cnn1C. The second kappa shape index (κ2) is 4.16. The van der Waals surface area contributed by atoms with Crippen LogP contribution in [0.2, 0.25) is 0 Å². The van der Waals surface area contributed by atoms with Crippen LogP contribution in [0.5, 0.6) is 0 Å². The van der Waals surface area contributed by atoms with E-state index in [0.29, 0.717) is 11.0 Å². The average molecular weight is 271 g/mol. The number of pyridine rings is 1. The predicted octanol–water partition coefficient (Wildman–Crippen LogP) is 1.38. The number of fused-ring (bicyclic) bond motifs is 1. The van der Waals surface area contributed by atoms with E-state index in [1.165, 1.54) is 4.68 Å². The standard InChI is InChI=1S/C13H13N5O2/c1-7-9(6-15-17(7)2)8-4-5-14-12-10(8)11(13(19)20)16-18(12)3/h4-6H,1-3H3,(H,19,20). The number of carboxylic acid groups (broad SMARTS) is 1. The molecule has 3 aromatic rings. The van der Waals surface area contributed by atoms with Crippen LogP contribution in [0.1, 0.15) is 16.2 Å². The largest absolute Gasteiger partial charge is 0.476 e. The van der Waals surface area contributed by atoms with Crippen molar-refractivity contribution in [3.63, 3.8) is 0 Å².